The molecule has 4 rings (SSSR count). The van der Waals surface area contributed by atoms with Crippen molar-refractivity contribution < 1.29 is 23.8 Å². The van der Waals surface area contributed by atoms with Crippen LogP contribution in [0.25, 0.3) is 11.1 Å². The molecule has 0 saturated heterocycles. The number of ether oxygens (including phenoxy) is 3. The monoisotopic (exact) mass is 422 g/mol. The van der Waals surface area contributed by atoms with Crippen LogP contribution in [0, 0.1) is 0 Å². The minimum Gasteiger partial charge on any atom is -0.497 e. The van der Waals surface area contributed by atoms with Crippen LogP contribution >= 0.6 is 0 Å². The summed E-state index contributed by atoms with van der Waals surface area (Å²) >= 11 is 0. The third kappa shape index (κ3) is 3.89. The number of carbonyl (C=O) groups excluding carboxylic acids is 2. The number of fused-ring (bicyclic) bond motifs is 1. The van der Waals surface area contributed by atoms with Crippen molar-refractivity contribution >= 4 is 23.3 Å². The number of benzene rings is 2. The van der Waals surface area contributed by atoms with Crippen molar-refractivity contribution in [3.63, 3.8) is 0 Å². The van der Waals surface area contributed by atoms with Crippen molar-refractivity contribution in [2.24, 2.45) is 0 Å². The van der Waals surface area contributed by atoms with Gasteiger partial charge in [-0.2, -0.15) is 5.10 Å². The van der Waals surface area contributed by atoms with E-state index >= 15 is 0 Å². The van der Waals surface area contributed by atoms with Crippen LogP contribution in [-0.2, 0) is 9.59 Å². The van der Waals surface area contributed by atoms with Gasteiger partial charge in [0, 0.05) is 11.6 Å². The lowest BCUT2D eigenvalue weighted by atomic mass is 10.1. The molecule has 9 heteroatoms. The number of nitrogens with zero attached hydrogens (tertiary/aromatic N) is 2. The number of anilines is 2. The van der Waals surface area contributed by atoms with E-state index in [1.165, 1.54) is 7.11 Å². The molecule has 2 amide bonds. The van der Waals surface area contributed by atoms with E-state index in [1.54, 1.807) is 43.3 Å². The van der Waals surface area contributed by atoms with E-state index in [2.05, 4.69) is 15.7 Å². The number of nitrogens with one attached hydrogen (secondary N) is 2. The van der Waals surface area contributed by atoms with Crippen LogP contribution in [0.4, 0.5) is 11.5 Å². The summed E-state index contributed by atoms with van der Waals surface area (Å²) in [5, 5.41) is 9.97. The summed E-state index contributed by atoms with van der Waals surface area (Å²) in [4.78, 5) is 25.2. The summed E-state index contributed by atoms with van der Waals surface area (Å²) in [6, 6.07) is 11.8. The van der Waals surface area contributed by atoms with Crippen LogP contribution < -0.4 is 24.8 Å². The Morgan fingerprint density at radius 2 is 1.87 bits per heavy atom. The Balaban J connectivity index is 1.53. The first-order chi connectivity index (χ1) is 15.0. The summed E-state index contributed by atoms with van der Waals surface area (Å²) < 4.78 is 17.3. The number of carbonyl (C=O) groups is 2. The Labute approximate surface area is 178 Å². The first kappa shape index (κ1) is 20.3. The highest BCUT2D eigenvalue weighted by Gasteiger charge is 2.35. The highest BCUT2D eigenvalue weighted by atomic mass is 16.5. The molecule has 160 valence electrons. The summed E-state index contributed by atoms with van der Waals surface area (Å²) in [6.45, 7) is 0. The van der Waals surface area contributed by atoms with Gasteiger partial charge in [-0.05, 0) is 29.8 Å². The van der Waals surface area contributed by atoms with E-state index in [4.69, 9.17) is 14.2 Å². The number of hydrogen-bond acceptors (Lipinski definition) is 6. The highest BCUT2D eigenvalue weighted by Crippen LogP contribution is 2.37. The number of rotatable bonds is 7. The van der Waals surface area contributed by atoms with E-state index in [-0.39, 0.29) is 18.2 Å². The second-order valence-corrected chi connectivity index (χ2v) is 6.91. The number of amides is 2. The maximum absolute atomic E-state index is 12.7. The molecule has 1 atom stereocenters. The number of aromatic nitrogens is 2. The predicted octanol–water partition coefficient (Wildman–Crippen LogP) is 3.10. The van der Waals surface area contributed by atoms with Gasteiger partial charge in [0.1, 0.15) is 29.1 Å². The quantitative estimate of drug-likeness (QED) is 0.606. The van der Waals surface area contributed by atoms with Crippen molar-refractivity contribution in [2.75, 3.05) is 32.0 Å². The minimum absolute atomic E-state index is 0.0761. The van der Waals surface area contributed by atoms with Gasteiger partial charge in [0.15, 0.2) is 0 Å². The molecule has 31 heavy (non-hydrogen) atoms. The Morgan fingerprint density at radius 3 is 2.61 bits per heavy atom. The Kier molecular flexibility index (Phi) is 5.48. The van der Waals surface area contributed by atoms with E-state index in [9.17, 15) is 9.59 Å². The third-order valence-electron chi connectivity index (χ3n) is 5.08. The average molecular weight is 422 g/mol. The molecular weight excluding hydrogens is 400 g/mol. The lowest BCUT2D eigenvalue weighted by Crippen LogP contribution is -2.23. The van der Waals surface area contributed by atoms with E-state index in [1.807, 2.05) is 24.3 Å². The standard InChI is InChI=1S/C22H22N4O5/c1-29-14-6-4-5-13(9-14)16-12-23-26-18(22(28)25-21(16)26)11-20(27)24-17-8-7-15(30-2)10-19(17)31-3/h4-10,12,18H,11H2,1-3H3,(H,24,27)(H,25,28). The van der Waals surface area contributed by atoms with Gasteiger partial charge in [0.05, 0.1) is 39.6 Å². The molecule has 0 spiro atoms. The molecule has 9 nitrogen and oxygen atoms in total. The lowest BCUT2D eigenvalue weighted by Gasteiger charge is -2.13. The second-order valence-electron chi connectivity index (χ2n) is 6.91. The minimum atomic E-state index is -0.751. The van der Waals surface area contributed by atoms with Gasteiger partial charge in [-0.1, -0.05) is 12.1 Å². The van der Waals surface area contributed by atoms with Crippen molar-refractivity contribution in [2.45, 2.75) is 12.5 Å². The van der Waals surface area contributed by atoms with E-state index in [0.717, 1.165) is 11.1 Å². The zero-order chi connectivity index (χ0) is 22.0. The topological polar surface area (TPSA) is 104 Å². The fourth-order valence-corrected chi connectivity index (χ4v) is 3.49. The average Bonchev–Trinajstić information content (AvgIpc) is 3.33. The van der Waals surface area contributed by atoms with Gasteiger partial charge in [0.2, 0.25) is 5.91 Å². The van der Waals surface area contributed by atoms with Crippen LogP contribution in [0.15, 0.2) is 48.7 Å². The van der Waals surface area contributed by atoms with Crippen LogP contribution in [0.1, 0.15) is 12.5 Å². The molecule has 1 aromatic heterocycles. The maximum Gasteiger partial charge on any atom is 0.251 e. The Morgan fingerprint density at radius 1 is 1.10 bits per heavy atom. The molecule has 3 aromatic rings. The first-order valence-electron chi connectivity index (χ1n) is 9.58. The SMILES string of the molecule is COc1cccc(-c2cnn3c2NC(=O)C3CC(=O)Nc2ccc(OC)cc2OC)c1. The molecule has 2 aromatic carbocycles. The zero-order valence-electron chi connectivity index (χ0n) is 17.3. The molecule has 0 radical (unpaired) electrons. The summed E-state index contributed by atoms with van der Waals surface area (Å²) in [5.74, 6) is 1.70. The van der Waals surface area contributed by atoms with Crippen molar-refractivity contribution in [3.8, 4) is 28.4 Å². The van der Waals surface area contributed by atoms with E-state index < -0.39 is 6.04 Å². The Hall–Kier alpha value is -4.01. The lowest BCUT2D eigenvalue weighted by molar-refractivity contribution is -0.123. The smallest absolute Gasteiger partial charge is 0.251 e. The number of methoxy groups -OCH3 is 3. The second kappa shape index (κ2) is 8.39. The van der Waals surface area contributed by atoms with Gasteiger partial charge >= 0.3 is 0 Å². The van der Waals surface area contributed by atoms with Crippen LogP contribution in [0.5, 0.6) is 17.2 Å². The first-order valence-corrected chi connectivity index (χ1v) is 9.58. The maximum atomic E-state index is 12.7. The highest BCUT2D eigenvalue weighted by molar-refractivity contribution is 6.04. The van der Waals surface area contributed by atoms with Crippen molar-refractivity contribution in [1.29, 1.82) is 0 Å². The van der Waals surface area contributed by atoms with Crippen molar-refractivity contribution in [3.05, 3.63) is 48.7 Å². The van der Waals surface area contributed by atoms with Gasteiger partial charge in [-0.3, -0.25) is 9.59 Å². The van der Waals surface area contributed by atoms with E-state index in [0.29, 0.717) is 28.8 Å². The fourth-order valence-electron chi connectivity index (χ4n) is 3.49. The van der Waals surface area contributed by atoms with Crippen LogP contribution in [0.2, 0.25) is 0 Å². The van der Waals surface area contributed by atoms with Gasteiger partial charge in [-0.15, -0.1) is 0 Å². The number of hydrogen-bond donors (Lipinski definition) is 2. The molecule has 2 N–H and O–H groups in total. The zero-order valence-corrected chi connectivity index (χ0v) is 17.3. The normalized spacial score (nSPS) is 14.5. The fraction of sp³-hybridized carbons (Fsp3) is 0.227. The Bertz CT molecular complexity index is 1140. The summed E-state index contributed by atoms with van der Waals surface area (Å²) in [5.41, 5.74) is 2.10. The molecule has 0 saturated carbocycles. The molecule has 1 aliphatic rings. The molecule has 0 bridgehead atoms. The molecule has 1 unspecified atom stereocenters. The predicted molar refractivity (Wildman–Crippen MR) is 115 cm³/mol. The third-order valence-corrected chi connectivity index (χ3v) is 5.08. The van der Waals surface area contributed by atoms with Gasteiger partial charge in [0.25, 0.3) is 5.91 Å². The summed E-state index contributed by atoms with van der Waals surface area (Å²) in [6.07, 6.45) is 1.59. The molecule has 0 aliphatic carbocycles. The van der Waals surface area contributed by atoms with Crippen LogP contribution in [-0.4, -0.2) is 42.9 Å². The largest absolute Gasteiger partial charge is 0.497 e. The summed E-state index contributed by atoms with van der Waals surface area (Å²) in [7, 11) is 4.65. The molecular formula is C22H22N4O5. The molecule has 1 aliphatic heterocycles. The van der Waals surface area contributed by atoms with Crippen molar-refractivity contribution in [1.82, 2.24) is 9.78 Å². The molecule has 0 fully saturated rings. The van der Waals surface area contributed by atoms with Gasteiger partial charge in [-0.25, -0.2) is 4.68 Å². The van der Waals surface area contributed by atoms with Gasteiger partial charge < -0.3 is 24.8 Å². The van der Waals surface area contributed by atoms with Crippen LogP contribution in [0.3, 0.4) is 0 Å². The molecule has 2 heterocycles.